The summed E-state index contributed by atoms with van der Waals surface area (Å²) < 4.78 is 11.4. The summed E-state index contributed by atoms with van der Waals surface area (Å²) in [6, 6.07) is 5.29. The van der Waals surface area contributed by atoms with E-state index in [9.17, 15) is 9.00 Å². The van der Waals surface area contributed by atoms with Crippen LogP contribution in [0.15, 0.2) is 24.4 Å². The molecule has 0 spiro atoms. The van der Waals surface area contributed by atoms with Gasteiger partial charge in [-0.25, -0.2) is 0 Å². The molecule has 0 unspecified atom stereocenters. The van der Waals surface area contributed by atoms with Crippen LogP contribution in [0.2, 0.25) is 0 Å². The molecule has 2 heterocycles. The van der Waals surface area contributed by atoms with E-state index < -0.39 is 10.8 Å². The minimum absolute atomic E-state index is 0.144. The molecule has 1 aliphatic rings. The van der Waals surface area contributed by atoms with Gasteiger partial charge in [0.2, 0.25) is 0 Å². The molecule has 1 fully saturated rings. The normalized spacial score (nSPS) is 17.9. The molecule has 6 heteroatoms. The highest BCUT2D eigenvalue weighted by atomic mass is 32.2. The lowest BCUT2D eigenvalue weighted by atomic mass is 10.0. The third-order valence-electron chi connectivity index (χ3n) is 3.61. The molecule has 1 aromatic rings. The smallest absolute Gasteiger partial charge is 0.269 e. The molecule has 0 aliphatic carbocycles. The summed E-state index contributed by atoms with van der Waals surface area (Å²) in [6.07, 6.45) is 1.61. The van der Waals surface area contributed by atoms with E-state index in [1.54, 1.807) is 24.4 Å². The van der Waals surface area contributed by atoms with Gasteiger partial charge in [0.05, 0.1) is 0 Å². The van der Waals surface area contributed by atoms with Crippen molar-refractivity contribution < 1.29 is 9.00 Å². The van der Waals surface area contributed by atoms with Gasteiger partial charge < -0.3 is 5.32 Å². The first-order valence-electron chi connectivity index (χ1n) is 6.78. The largest absolute Gasteiger partial charge is 0.349 e. The molecule has 2 rings (SSSR count). The van der Waals surface area contributed by atoms with E-state index in [-0.39, 0.29) is 11.4 Å². The second-order valence-electron chi connectivity index (χ2n) is 5.55. The Kier molecular flexibility index (Phi) is 4.88. The quantitative estimate of drug-likeness (QED) is 0.886. The molecule has 0 bridgehead atoms. The Morgan fingerprint density at radius 2 is 2.10 bits per heavy atom. The fraction of sp³-hybridized carbons (Fsp3) is 0.571. The van der Waals surface area contributed by atoms with Crippen LogP contribution in [0.5, 0.6) is 0 Å². The van der Waals surface area contributed by atoms with E-state index >= 15 is 0 Å². The van der Waals surface area contributed by atoms with Gasteiger partial charge in [0.25, 0.3) is 5.91 Å². The van der Waals surface area contributed by atoms with Crippen molar-refractivity contribution in [1.82, 2.24) is 15.2 Å². The molecule has 1 aromatic heterocycles. The van der Waals surface area contributed by atoms with Crippen LogP contribution in [0, 0.1) is 0 Å². The number of nitrogens with zero attached hydrogens (tertiary/aromatic N) is 2. The van der Waals surface area contributed by atoms with Crippen LogP contribution in [-0.4, -0.2) is 56.7 Å². The van der Waals surface area contributed by atoms with Gasteiger partial charge in [0.1, 0.15) is 5.69 Å². The number of rotatable bonds is 4. The topological polar surface area (TPSA) is 62.3 Å². The Balaban J connectivity index is 1.89. The van der Waals surface area contributed by atoms with Crippen molar-refractivity contribution in [3.63, 3.8) is 0 Å². The van der Waals surface area contributed by atoms with Gasteiger partial charge in [-0.3, -0.25) is 18.9 Å². The van der Waals surface area contributed by atoms with Gasteiger partial charge in [0.15, 0.2) is 0 Å². The second kappa shape index (κ2) is 6.45. The number of carbonyl (C=O) groups is 1. The molecule has 20 heavy (non-hydrogen) atoms. The lowest BCUT2D eigenvalue weighted by Gasteiger charge is -2.40. The van der Waals surface area contributed by atoms with E-state index in [0.717, 1.165) is 24.6 Å². The highest BCUT2D eigenvalue weighted by molar-refractivity contribution is 7.85. The Hall–Kier alpha value is -1.27. The Morgan fingerprint density at radius 1 is 1.40 bits per heavy atom. The minimum Gasteiger partial charge on any atom is -0.349 e. The number of hydrogen-bond donors (Lipinski definition) is 1. The van der Waals surface area contributed by atoms with Crippen LogP contribution < -0.4 is 5.32 Å². The van der Waals surface area contributed by atoms with Gasteiger partial charge in [-0.15, -0.1) is 0 Å². The SMILES string of the molecule is CC(C)(CNC(=O)c1ccccn1)N1CCS(=O)CC1. The Labute approximate surface area is 122 Å². The van der Waals surface area contributed by atoms with Crippen molar-refractivity contribution >= 4 is 16.7 Å². The third kappa shape index (κ3) is 3.86. The molecule has 0 saturated carbocycles. The molecule has 1 aliphatic heterocycles. The van der Waals surface area contributed by atoms with Crippen LogP contribution in [0.25, 0.3) is 0 Å². The molecule has 1 N–H and O–H groups in total. The number of pyridine rings is 1. The van der Waals surface area contributed by atoms with Gasteiger partial charge in [0, 0.05) is 53.7 Å². The molecule has 1 saturated heterocycles. The summed E-state index contributed by atoms with van der Waals surface area (Å²) in [4.78, 5) is 18.3. The van der Waals surface area contributed by atoms with Crippen molar-refractivity contribution in [2.75, 3.05) is 31.1 Å². The van der Waals surface area contributed by atoms with Crippen molar-refractivity contribution in [3.05, 3.63) is 30.1 Å². The van der Waals surface area contributed by atoms with Crippen LogP contribution in [0.3, 0.4) is 0 Å². The number of hydrogen-bond acceptors (Lipinski definition) is 4. The summed E-state index contributed by atoms with van der Waals surface area (Å²) in [6.45, 7) is 6.38. The predicted octanol–water partition coefficient (Wildman–Crippen LogP) is 0.654. The molecule has 0 atom stereocenters. The van der Waals surface area contributed by atoms with E-state index in [4.69, 9.17) is 0 Å². The van der Waals surface area contributed by atoms with Crippen molar-refractivity contribution in [1.29, 1.82) is 0 Å². The molecule has 5 nitrogen and oxygen atoms in total. The lowest BCUT2D eigenvalue weighted by molar-refractivity contribution is 0.0878. The Morgan fingerprint density at radius 3 is 2.70 bits per heavy atom. The highest BCUT2D eigenvalue weighted by Crippen LogP contribution is 2.16. The van der Waals surface area contributed by atoms with Crippen molar-refractivity contribution in [3.8, 4) is 0 Å². The van der Waals surface area contributed by atoms with E-state index in [1.165, 1.54) is 0 Å². The van der Waals surface area contributed by atoms with Crippen molar-refractivity contribution in [2.24, 2.45) is 0 Å². The Bertz CT molecular complexity index is 480. The molecular weight excluding hydrogens is 274 g/mol. The first-order chi connectivity index (χ1) is 9.49. The maximum absolute atomic E-state index is 12.0. The number of amides is 1. The van der Waals surface area contributed by atoms with Crippen molar-refractivity contribution in [2.45, 2.75) is 19.4 Å². The summed E-state index contributed by atoms with van der Waals surface area (Å²) in [5.74, 6) is 1.29. The lowest BCUT2D eigenvalue weighted by Crippen LogP contribution is -2.55. The van der Waals surface area contributed by atoms with E-state index in [1.807, 2.05) is 0 Å². The number of carbonyl (C=O) groups excluding carboxylic acids is 1. The maximum atomic E-state index is 12.0. The standard InChI is InChI=1S/C14H21N3O2S/c1-14(2,17-7-9-20(19)10-8-17)11-16-13(18)12-5-3-4-6-15-12/h3-6H,7-11H2,1-2H3,(H,16,18). The average molecular weight is 295 g/mol. The van der Waals surface area contributed by atoms with Crippen LogP contribution >= 0.6 is 0 Å². The van der Waals surface area contributed by atoms with Crippen LogP contribution in [-0.2, 0) is 10.8 Å². The third-order valence-corrected chi connectivity index (χ3v) is 4.89. The van der Waals surface area contributed by atoms with Crippen LogP contribution in [0.1, 0.15) is 24.3 Å². The zero-order valence-corrected chi connectivity index (χ0v) is 12.8. The second-order valence-corrected chi connectivity index (χ2v) is 7.24. The van der Waals surface area contributed by atoms with Gasteiger partial charge in [-0.1, -0.05) is 6.07 Å². The molecular formula is C14H21N3O2S. The van der Waals surface area contributed by atoms with Gasteiger partial charge in [-0.2, -0.15) is 0 Å². The number of nitrogens with one attached hydrogen (secondary N) is 1. The molecule has 110 valence electrons. The van der Waals surface area contributed by atoms with Crippen LogP contribution in [0.4, 0.5) is 0 Å². The number of aromatic nitrogens is 1. The predicted molar refractivity (Wildman–Crippen MR) is 80.1 cm³/mol. The van der Waals surface area contributed by atoms with E-state index in [2.05, 4.69) is 29.0 Å². The van der Waals surface area contributed by atoms with Gasteiger partial charge in [-0.05, 0) is 26.0 Å². The fourth-order valence-electron chi connectivity index (χ4n) is 2.24. The minimum atomic E-state index is -0.677. The fourth-order valence-corrected chi connectivity index (χ4v) is 3.29. The summed E-state index contributed by atoms with van der Waals surface area (Å²) in [5.41, 5.74) is 0.290. The zero-order valence-electron chi connectivity index (χ0n) is 12.0. The summed E-state index contributed by atoms with van der Waals surface area (Å²) in [7, 11) is -0.677. The first-order valence-corrected chi connectivity index (χ1v) is 8.27. The maximum Gasteiger partial charge on any atom is 0.269 e. The molecule has 0 aromatic carbocycles. The highest BCUT2D eigenvalue weighted by Gasteiger charge is 2.30. The summed E-state index contributed by atoms with van der Waals surface area (Å²) >= 11 is 0. The summed E-state index contributed by atoms with van der Waals surface area (Å²) in [5, 5.41) is 2.93. The molecule has 0 radical (unpaired) electrons. The monoisotopic (exact) mass is 295 g/mol. The van der Waals surface area contributed by atoms with E-state index in [0.29, 0.717) is 12.2 Å². The molecule has 1 amide bonds. The average Bonchev–Trinajstić information content (AvgIpc) is 2.46. The first kappa shape index (κ1) is 15.1. The zero-order chi connectivity index (χ0) is 14.6. The van der Waals surface area contributed by atoms with Gasteiger partial charge >= 0.3 is 0 Å².